The highest BCUT2D eigenvalue weighted by Gasteiger charge is 2.46. The van der Waals surface area contributed by atoms with Crippen molar-refractivity contribution in [3.63, 3.8) is 0 Å². The lowest BCUT2D eigenvalue weighted by atomic mass is 9.84. The SMILES string of the molecule is CCCOc1ccc2c(c1)C(c1ccc(OC)cc1CCC(=O)O)C(OC(=O)O)C2c1ccc2c(c1)OCO2. The molecule has 0 amide bonds. The maximum atomic E-state index is 12.1. The van der Waals surface area contributed by atoms with Crippen molar-refractivity contribution in [3.8, 4) is 23.0 Å². The van der Waals surface area contributed by atoms with Crippen molar-refractivity contribution < 1.29 is 43.5 Å². The lowest BCUT2D eigenvalue weighted by molar-refractivity contribution is -0.136. The fourth-order valence-corrected chi connectivity index (χ4v) is 5.50. The predicted octanol–water partition coefficient (Wildman–Crippen LogP) is 5.57. The molecular formula is C30H30O9. The molecule has 3 aromatic carbocycles. The molecule has 1 aliphatic heterocycles. The molecule has 0 aromatic heterocycles. The quantitative estimate of drug-likeness (QED) is 0.322. The summed E-state index contributed by atoms with van der Waals surface area (Å²) in [6.07, 6.45) is -1.24. The van der Waals surface area contributed by atoms with Gasteiger partial charge in [0.1, 0.15) is 17.6 Å². The topological polar surface area (TPSA) is 121 Å². The summed E-state index contributed by atoms with van der Waals surface area (Å²) in [7, 11) is 1.55. The summed E-state index contributed by atoms with van der Waals surface area (Å²) in [5.74, 6) is 0.556. The van der Waals surface area contributed by atoms with Crippen LogP contribution >= 0.6 is 0 Å². The highest BCUT2D eigenvalue weighted by Crippen LogP contribution is 2.53. The van der Waals surface area contributed by atoms with Crippen molar-refractivity contribution >= 4 is 12.1 Å². The summed E-state index contributed by atoms with van der Waals surface area (Å²) in [4.78, 5) is 23.5. The van der Waals surface area contributed by atoms with Gasteiger partial charge in [-0.05, 0) is 77.1 Å². The van der Waals surface area contributed by atoms with Crippen molar-refractivity contribution in [2.24, 2.45) is 0 Å². The van der Waals surface area contributed by atoms with Crippen LogP contribution in [0.25, 0.3) is 0 Å². The normalized spacial score (nSPS) is 18.9. The number of carboxylic acid groups (broad SMARTS) is 2. The molecule has 204 valence electrons. The van der Waals surface area contributed by atoms with Crippen molar-refractivity contribution in [1.82, 2.24) is 0 Å². The first-order valence-corrected chi connectivity index (χ1v) is 12.8. The van der Waals surface area contributed by atoms with Gasteiger partial charge >= 0.3 is 12.1 Å². The molecule has 0 fully saturated rings. The van der Waals surface area contributed by atoms with Crippen LogP contribution < -0.4 is 18.9 Å². The molecule has 3 aromatic rings. The molecule has 3 atom stereocenters. The highest BCUT2D eigenvalue weighted by atomic mass is 16.7. The van der Waals surface area contributed by atoms with Gasteiger partial charge in [-0.2, -0.15) is 0 Å². The molecule has 0 bridgehead atoms. The Kier molecular flexibility index (Phi) is 7.49. The number of carbonyl (C=O) groups is 2. The molecule has 1 heterocycles. The zero-order chi connectivity index (χ0) is 27.5. The van der Waals surface area contributed by atoms with Crippen LogP contribution in [0.3, 0.4) is 0 Å². The molecule has 9 nitrogen and oxygen atoms in total. The lowest BCUT2D eigenvalue weighted by Crippen LogP contribution is -2.27. The van der Waals surface area contributed by atoms with Gasteiger partial charge < -0.3 is 33.9 Å². The molecule has 2 N–H and O–H groups in total. The molecule has 1 aliphatic carbocycles. The van der Waals surface area contributed by atoms with Gasteiger partial charge in [0.2, 0.25) is 6.79 Å². The van der Waals surface area contributed by atoms with Crippen LogP contribution in [0, 0.1) is 0 Å². The lowest BCUT2D eigenvalue weighted by Gasteiger charge is -2.27. The summed E-state index contributed by atoms with van der Waals surface area (Å²) in [6, 6.07) is 16.8. The number of benzene rings is 3. The van der Waals surface area contributed by atoms with Gasteiger partial charge in [-0.25, -0.2) is 4.79 Å². The standard InChI is InChI=1S/C30H30O9/c1-3-12-36-20-7-9-22-23(15-20)28(21-8-6-19(35-2)13-17(21)5-11-26(31)32)29(39-30(33)34)27(22)18-4-10-24-25(14-18)38-16-37-24/h4,6-10,13-15,27-29H,3,5,11-12,16H2,1-2H3,(H,31,32)(H,33,34). The number of methoxy groups -OCH3 is 1. The average molecular weight is 535 g/mol. The number of fused-ring (bicyclic) bond motifs is 2. The van der Waals surface area contributed by atoms with E-state index in [0.717, 1.165) is 34.2 Å². The molecule has 9 heteroatoms. The monoisotopic (exact) mass is 534 g/mol. The molecule has 2 aliphatic rings. The minimum absolute atomic E-state index is 0.0879. The maximum absolute atomic E-state index is 12.1. The Bertz CT molecular complexity index is 1380. The van der Waals surface area contributed by atoms with Gasteiger partial charge in [0.15, 0.2) is 11.5 Å². The minimum Gasteiger partial charge on any atom is -0.497 e. The number of aryl methyl sites for hydroxylation is 1. The molecule has 3 unspecified atom stereocenters. The van der Waals surface area contributed by atoms with Gasteiger partial charge in [-0.3, -0.25) is 4.79 Å². The van der Waals surface area contributed by atoms with E-state index in [0.29, 0.717) is 29.6 Å². The molecule has 0 spiro atoms. The van der Waals surface area contributed by atoms with E-state index in [4.69, 9.17) is 23.7 Å². The Hall–Kier alpha value is -4.40. The average Bonchev–Trinajstić information content (AvgIpc) is 3.51. The zero-order valence-corrected chi connectivity index (χ0v) is 21.7. The third-order valence-corrected chi connectivity index (χ3v) is 7.14. The smallest absolute Gasteiger partial charge is 0.497 e. The van der Waals surface area contributed by atoms with E-state index in [1.54, 1.807) is 19.2 Å². The molecule has 5 rings (SSSR count). The molecule has 39 heavy (non-hydrogen) atoms. The molecule has 0 saturated carbocycles. The molecule has 0 saturated heterocycles. The Morgan fingerprint density at radius 3 is 2.41 bits per heavy atom. The van der Waals surface area contributed by atoms with Crippen molar-refractivity contribution in [3.05, 3.63) is 82.4 Å². The number of ether oxygens (including phenoxy) is 5. The second-order valence-electron chi connectivity index (χ2n) is 9.51. The largest absolute Gasteiger partial charge is 0.506 e. The first-order chi connectivity index (χ1) is 18.9. The van der Waals surface area contributed by atoms with Gasteiger partial charge in [0, 0.05) is 18.3 Å². The minimum atomic E-state index is -1.40. The van der Waals surface area contributed by atoms with E-state index in [1.165, 1.54) is 0 Å². The van der Waals surface area contributed by atoms with E-state index in [-0.39, 0.29) is 19.6 Å². The summed E-state index contributed by atoms with van der Waals surface area (Å²) >= 11 is 0. The van der Waals surface area contributed by atoms with Gasteiger partial charge in [-0.15, -0.1) is 0 Å². The van der Waals surface area contributed by atoms with Crippen molar-refractivity contribution in [1.29, 1.82) is 0 Å². The summed E-state index contributed by atoms with van der Waals surface area (Å²) < 4.78 is 28.1. The Morgan fingerprint density at radius 2 is 1.67 bits per heavy atom. The van der Waals surface area contributed by atoms with E-state index < -0.39 is 30.1 Å². The van der Waals surface area contributed by atoms with Crippen LogP contribution in [0.15, 0.2) is 54.6 Å². The van der Waals surface area contributed by atoms with E-state index >= 15 is 0 Å². The van der Waals surface area contributed by atoms with Crippen molar-refractivity contribution in [2.45, 2.75) is 44.1 Å². The Balaban J connectivity index is 1.69. The zero-order valence-electron chi connectivity index (χ0n) is 21.7. The van der Waals surface area contributed by atoms with Crippen LogP contribution in [0.4, 0.5) is 4.79 Å². The van der Waals surface area contributed by atoms with Gasteiger partial charge in [0.25, 0.3) is 0 Å². The number of rotatable bonds is 10. The second-order valence-corrected chi connectivity index (χ2v) is 9.51. The first kappa shape index (κ1) is 26.2. The van der Waals surface area contributed by atoms with E-state index in [2.05, 4.69) is 0 Å². The molecular weight excluding hydrogens is 504 g/mol. The van der Waals surface area contributed by atoms with E-state index in [9.17, 15) is 19.8 Å². The number of aliphatic carboxylic acids is 1. The summed E-state index contributed by atoms with van der Waals surface area (Å²) in [5.41, 5.74) is 4.10. The number of hydrogen-bond donors (Lipinski definition) is 2. The van der Waals surface area contributed by atoms with Gasteiger partial charge in [-0.1, -0.05) is 25.1 Å². The third kappa shape index (κ3) is 5.30. The van der Waals surface area contributed by atoms with Crippen LogP contribution in [-0.4, -0.2) is 49.0 Å². The van der Waals surface area contributed by atoms with Crippen LogP contribution in [0.1, 0.15) is 59.4 Å². The Labute approximate surface area is 225 Å². The molecule has 0 radical (unpaired) electrons. The fraction of sp³-hybridized carbons (Fsp3) is 0.333. The summed E-state index contributed by atoms with van der Waals surface area (Å²) in [5, 5.41) is 19.2. The van der Waals surface area contributed by atoms with Gasteiger partial charge in [0.05, 0.1) is 13.7 Å². The maximum Gasteiger partial charge on any atom is 0.506 e. The third-order valence-electron chi connectivity index (χ3n) is 7.14. The Morgan fingerprint density at radius 1 is 0.897 bits per heavy atom. The predicted molar refractivity (Wildman–Crippen MR) is 140 cm³/mol. The second kappa shape index (κ2) is 11.1. The van der Waals surface area contributed by atoms with Crippen LogP contribution in [0.5, 0.6) is 23.0 Å². The van der Waals surface area contributed by atoms with Crippen molar-refractivity contribution in [2.75, 3.05) is 20.5 Å². The van der Waals surface area contributed by atoms with Crippen LogP contribution in [0.2, 0.25) is 0 Å². The highest BCUT2D eigenvalue weighted by molar-refractivity contribution is 5.67. The first-order valence-electron chi connectivity index (χ1n) is 12.8. The van der Waals surface area contributed by atoms with E-state index in [1.807, 2.05) is 49.4 Å². The van der Waals surface area contributed by atoms with Crippen LogP contribution in [-0.2, 0) is 16.0 Å². The fourth-order valence-electron chi connectivity index (χ4n) is 5.50. The number of carboxylic acids is 1. The number of hydrogen-bond acceptors (Lipinski definition) is 7. The summed E-state index contributed by atoms with van der Waals surface area (Å²) in [6.45, 7) is 2.68.